The van der Waals surface area contributed by atoms with E-state index in [0.717, 1.165) is 12.5 Å². The number of guanidine groups is 1. The molecule has 2 heterocycles. The number of hydrogen-bond donors (Lipinski definition) is 2. The summed E-state index contributed by atoms with van der Waals surface area (Å²) in [6.45, 7) is 4.20. The summed E-state index contributed by atoms with van der Waals surface area (Å²) in [6, 6.07) is 3.29. The van der Waals surface area contributed by atoms with Gasteiger partial charge in [-0.15, -0.1) is 19.0 Å². The summed E-state index contributed by atoms with van der Waals surface area (Å²) in [5, 5.41) is 11.4. The average molecular weight is 432 g/mol. The summed E-state index contributed by atoms with van der Waals surface area (Å²) in [5.74, 6) is -0.112. The summed E-state index contributed by atoms with van der Waals surface area (Å²) in [7, 11) is 0. The largest absolute Gasteiger partial charge is 0.493 e. The zero-order valence-corrected chi connectivity index (χ0v) is 16.2. The maximum Gasteiger partial charge on any atom is 0.419 e. The van der Waals surface area contributed by atoms with Gasteiger partial charge in [-0.3, -0.25) is 5.41 Å². The molecule has 1 aromatic carbocycles. The molecule has 1 aliphatic heterocycles. The number of aromatic nitrogens is 2. The van der Waals surface area contributed by atoms with Crippen LogP contribution in [0.3, 0.4) is 0 Å². The van der Waals surface area contributed by atoms with Crippen molar-refractivity contribution < 1.29 is 22.4 Å². The van der Waals surface area contributed by atoms with Gasteiger partial charge in [-0.25, -0.2) is 0 Å². The molecule has 0 amide bonds. The Morgan fingerprint density at radius 1 is 1.45 bits per heavy atom. The normalized spacial score (nSPS) is 16.4. The summed E-state index contributed by atoms with van der Waals surface area (Å²) < 4.78 is 50.8. The third-order valence-electron chi connectivity index (χ3n) is 4.41. The van der Waals surface area contributed by atoms with Gasteiger partial charge in [-0.05, 0) is 37.5 Å². The zero-order valence-electron chi connectivity index (χ0n) is 15.4. The zero-order chi connectivity index (χ0) is 20.3. The molecule has 1 saturated heterocycles. The predicted molar refractivity (Wildman–Crippen MR) is 103 cm³/mol. The monoisotopic (exact) mass is 431 g/mol. The van der Waals surface area contributed by atoms with E-state index in [2.05, 4.69) is 16.7 Å². The molecule has 0 spiro atoms. The highest BCUT2D eigenvalue weighted by Gasteiger charge is 2.36. The SMILES string of the molecule is C=CCCOc1ccc(-c2noc(C3CCCN3C(=N)N)n2)cc1C(F)(F)F.Cl. The van der Waals surface area contributed by atoms with Crippen LogP contribution >= 0.6 is 12.4 Å². The molecular weight excluding hydrogens is 411 g/mol. The molecule has 1 atom stereocenters. The number of nitrogens with one attached hydrogen (secondary N) is 1. The Kier molecular flexibility index (Phi) is 7.12. The van der Waals surface area contributed by atoms with Gasteiger partial charge in [0.1, 0.15) is 11.8 Å². The summed E-state index contributed by atoms with van der Waals surface area (Å²) in [4.78, 5) is 5.85. The van der Waals surface area contributed by atoms with E-state index in [1.54, 1.807) is 11.0 Å². The van der Waals surface area contributed by atoms with E-state index >= 15 is 0 Å². The number of hydrogen-bond acceptors (Lipinski definition) is 5. The maximum absolute atomic E-state index is 13.4. The van der Waals surface area contributed by atoms with Crippen LogP contribution in [0, 0.1) is 5.41 Å². The first-order chi connectivity index (χ1) is 13.3. The predicted octanol–water partition coefficient (Wildman–Crippen LogP) is 4.16. The molecule has 1 aromatic heterocycles. The van der Waals surface area contributed by atoms with E-state index < -0.39 is 11.7 Å². The number of halogens is 4. The van der Waals surface area contributed by atoms with Crippen molar-refractivity contribution in [2.24, 2.45) is 5.73 Å². The molecule has 0 aliphatic carbocycles. The highest BCUT2D eigenvalue weighted by atomic mass is 35.5. The van der Waals surface area contributed by atoms with E-state index in [0.29, 0.717) is 19.4 Å². The summed E-state index contributed by atoms with van der Waals surface area (Å²) in [5.41, 5.74) is 4.80. The van der Waals surface area contributed by atoms with Gasteiger partial charge in [0, 0.05) is 12.1 Å². The third kappa shape index (κ3) is 5.00. The molecule has 2 aromatic rings. The van der Waals surface area contributed by atoms with Crippen LogP contribution < -0.4 is 10.5 Å². The van der Waals surface area contributed by atoms with Crippen LogP contribution in [-0.2, 0) is 6.18 Å². The van der Waals surface area contributed by atoms with Crippen molar-refractivity contribution in [3.63, 3.8) is 0 Å². The second kappa shape index (κ2) is 9.17. The fourth-order valence-electron chi connectivity index (χ4n) is 3.07. The maximum atomic E-state index is 13.4. The molecule has 3 N–H and O–H groups in total. The highest BCUT2D eigenvalue weighted by Crippen LogP contribution is 2.39. The van der Waals surface area contributed by atoms with E-state index in [1.807, 2.05) is 0 Å². The second-order valence-electron chi connectivity index (χ2n) is 6.33. The van der Waals surface area contributed by atoms with Crippen molar-refractivity contribution in [3.05, 3.63) is 42.3 Å². The standard InChI is InChI=1S/C18H20F3N5O2.ClH/c1-2-3-9-27-14-7-6-11(10-12(14)18(19,20)21)15-24-16(28-25-15)13-5-4-8-26(13)17(22)23;/h2,6-7,10,13H,1,3-5,8-9H2,(H3,22,23);1H. The lowest BCUT2D eigenvalue weighted by Gasteiger charge is -2.21. The van der Waals surface area contributed by atoms with Gasteiger partial charge in [0.2, 0.25) is 11.7 Å². The van der Waals surface area contributed by atoms with Gasteiger partial charge in [0.25, 0.3) is 0 Å². The Hall–Kier alpha value is -2.75. The lowest BCUT2D eigenvalue weighted by atomic mass is 10.1. The van der Waals surface area contributed by atoms with Crippen LogP contribution in [0.25, 0.3) is 11.4 Å². The number of rotatable bonds is 6. The van der Waals surface area contributed by atoms with Crippen molar-refractivity contribution in [1.82, 2.24) is 15.0 Å². The van der Waals surface area contributed by atoms with Crippen LogP contribution in [0.2, 0.25) is 0 Å². The first-order valence-electron chi connectivity index (χ1n) is 8.71. The smallest absolute Gasteiger partial charge is 0.419 e. The van der Waals surface area contributed by atoms with Crippen LogP contribution in [0.1, 0.15) is 36.8 Å². The molecule has 29 heavy (non-hydrogen) atoms. The third-order valence-corrected chi connectivity index (χ3v) is 4.41. The fourth-order valence-corrected chi connectivity index (χ4v) is 3.07. The Labute approximate surface area is 171 Å². The topological polar surface area (TPSA) is 101 Å². The molecule has 11 heteroatoms. The summed E-state index contributed by atoms with van der Waals surface area (Å²) >= 11 is 0. The highest BCUT2D eigenvalue weighted by molar-refractivity contribution is 5.85. The first-order valence-corrected chi connectivity index (χ1v) is 8.71. The average Bonchev–Trinajstić information content (AvgIpc) is 3.30. The first kappa shape index (κ1) is 22.5. The van der Waals surface area contributed by atoms with Gasteiger partial charge in [0.15, 0.2) is 5.96 Å². The van der Waals surface area contributed by atoms with Crippen molar-refractivity contribution >= 4 is 18.4 Å². The fraction of sp³-hybridized carbons (Fsp3) is 0.389. The van der Waals surface area contributed by atoms with E-state index in [1.165, 1.54) is 12.1 Å². The van der Waals surface area contributed by atoms with Gasteiger partial charge < -0.3 is 19.9 Å². The van der Waals surface area contributed by atoms with E-state index in [4.69, 9.17) is 20.4 Å². The minimum atomic E-state index is -4.59. The van der Waals surface area contributed by atoms with Gasteiger partial charge in [-0.1, -0.05) is 11.2 Å². The minimum absolute atomic E-state index is 0. The number of nitrogens with two attached hydrogens (primary N) is 1. The lowest BCUT2D eigenvalue weighted by molar-refractivity contribution is -0.138. The van der Waals surface area contributed by atoms with Gasteiger partial charge >= 0.3 is 6.18 Å². The van der Waals surface area contributed by atoms with Crippen LogP contribution in [-0.4, -0.2) is 34.2 Å². The van der Waals surface area contributed by atoms with Gasteiger partial charge in [0.05, 0.1) is 12.2 Å². The van der Waals surface area contributed by atoms with E-state index in [-0.39, 0.29) is 54.0 Å². The molecule has 158 valence electrons. The Morgan fingerprint density at radius 2 is 2.21 bits per heavy atom. The molecule has 3 rings (SSSR count). The Morgan fingerprint density at radius 3 is 2.86 bits per heavy atom. The number of nitrogens with zero attached hydrogens (tertiary/aromatic N) is 3. The molecule has 0 bridgehead atoms. The van der Waals surface area contributed by atoms with Crippen molar-refractivity contribution in [3.8, 4) is 17.1 Å². The minimum Gasteiger partial charge on any atom is -0.493 e. The molecule has 0 radical (unpaired) electrons. The number of benzene rings is 1. The Balaban J connectivity index is 0.00000300. The lowest BCUT2D eigenvalue weighted by Crippen LogP contribution is -2.35. The number of alkyl halides is 3. The van der Waals surface area contributed by atoms with Gasteiger partial charge in [-0.2, -0.15) is 18.2 Å². The quantitative estimate of drug-likeness (QED) is 0.308. The van der Waals surface area contributed by atoms with Crippen molar-refractivity contribution in [1.29, 1.82) is 5.41 Å². The summed E-state index contributed by atoms with van der Waals surface area (Å²) in [6.07, 6.45) is -1.12. The van der Waals surface area contributed by atoms with Crippen LogP contribution in [0.4, 0.5) is 13.2 Å². The Bertz CT molecular complexity index is 871. The van der Waals surface area contributed by atoms with Crippen LogP contribution in [0.5, 0.6) is 5.75 Å². The molecule has 7 nitrogen and oxygen atoms in total. The number of likely N-dealkylation sites (tertiary alicyclic amines) is 1. The molecule has 1 unspecified atom stereocenters. The second-order valence-corrected chi connectivity index (χ2v) is 6.33. The van der Waals surface area contributed by atoms with Crippen LogP contribution in [0.15, 0.2) is 35.4 Å². The molecule has 1 fully saturated rings. The number of ether oxygens (including phenoxy) is 1. The van der Waals surface area contributed by atoms with Crippen molar-refractivity contribution in [2.45, 2.75) is 31.5 Å². The van der Waals surface area contributed by atoms with E-state index in [9.17, 15) is 13.2 Å². The van der Waals surface area contributed by atoms with Crippen molar-refractivity contribution in [2.75, 3.05) is 13.2 Å². The molecule has 0 saturated carbocycles. The molecule has 1 aliphatic rings. The molecular formula is C18H21ClF3N5O2.